The Labute approximate surface area is 213 Å². The predicted molar refractivity (Wildman–Crippen MR) is 130 cm³/mol. The molecule has 0 aromatic carbocycles. The summed E-state index contributed by atoms with van der Waals surface area (Å²) in [6.45, 7) is 6.93. The van der Waals surface area contributed by atoms with Crippen LogP contribution >= 0.6 is 0 Å². The number of amides is 2. The number of hydrogen-bond donors (Lipinski definition) is 2. The second kappa shape index (κ2) is 10.8. The molecule has 0 bridgehead atoms. The predicted octanol–water partition coefficient (Wildman–Crippen LogP) is 0.667. The van der Waals surface area contributed by atoms with Gasteiger partial charge in [-0.2, -0.15) is 5.26 Å². The van der Waals surface area contributed by atoms with Crippen molar-refractivity contribution in [1.29, 1.82) is 5.26 Å². The van der Waals surface area contributed by atoms with Crippen LogP contribution in [0.5, 0.6) is 0 Å². The van der Waals surface area contributed by atoms with Crippen molar-refractivity contribution >= 4 is 12.0 Å². The summed E-state index contributed by atoms with van der Waals surface area (Å²) in [5.41, 5.74) is -0.678. The summed E-state index contributed by atoms with van der Waals surface area (Å²) in [5, 5.41) is 23.7. The van der Waals surface area contributed by atoms with Crippen LogP contribution in [0, 0.1) is 11.3 Å². The zero-order valence-corrected chi connectivity index (χ0v) is 21.9. The highest BCUT2D eigenvalue weighted by Gasteiger charge is 2.60. The van der Waals surface area contributed by atoms with Gasteiger partial charge in [0.05, 0.1) is 12.6 Å². The third kappa shape index (κ3) is 5.78. The number of nitrogens with one attached hydrogen (secondary N) is 1. The molecule has 5 atom stereocenters. The van der Waals surface area contributed by atoms with Gasteiger partial charge >= 0.3 is 6.09 Å². The molecule has 36 heavy (non-hydrogen) atoms. The van der Waals surface area contributed by atoms with Crippen LogP contribution < -0.4 is 5.32 Å². The molecule has 0 aromatic heterocycles. The summed E-state index contributed by atoms with van der Waals surface area (Å²) in [5.74, 6) is -0.842. The van der Waals surface area contributed by atoms with Crippen LogP contribution in [0.15, 0.2) is 0 Å². The first-order valence-electron chi connectivity index (χ1n) is 13.1. The van der Waals surface area contributed by atoms with Crippen molar-refractivity contribution in [3.63, 3.8) is 0 Å². The van der Waals surface area contributed by atoms with Gasteiger partial charge in [0.15, 0.2) is 5.79 Å². The van der Waals surface area contributed by atoms with Gasteiger partial charge in [-0.3, -0.25) is 4.79 Å². The second-order valence-corrected chi connectivity index (χ2v) is 11.3. The number of aliphatic hydroxyl groups excluding tert-OH is 1. The van der Waals surface area contributed by atoms with E-state index in [1.807, 2.05) is 13.8 Å². The fourth-order valence-electron chi connectivity index (χ4n) is 6.08. The number of nitrogens with zero attached hydrogens (tertiary/aromatic N) is 4. The van der Waals surface area contributed by atoms with E-state index in [2.05, 4.69) is 16.3 Å². The number of carbonyl (C=O) groups excluding carboxylic acids is 2. The third-order valence-electron chi connectivity index (χ3n) is 7.88. The van der Waals surface area contributed by atoms with Crippen LogP contribution in [0.1, 0.15) is 52.4 Å². The van der Waals surface area contributed by atoms with E-state index < -0.39 is 35.8 Å². The van der Waals surface area contributed by atoms with Crippen LogP contribution in [-0.4, -0.2) is 120 Å². The standard InChI is InChI=1S/C25H41N5O6/c1-24(2)35-22-21(32)19(34-23(33)28(3)4)7-10-25(22,36-24)16-29-12-8-17(9-13-29)27-15-20(31)30-11-5-6-18(30)14-26/h17-19,21-22,27,32H,5-13,15-16H2,1-4H3/t18-,19+,21+,22-,25-/m0/s1. The van der Waals surface area contributed by atoms with E-state index in [0.717, 1.165) is 38.8 Å². The van der Waals surface area contributed by atoms with Crippen molar-refractivity contribution in [3.05, 3.63) is 0 Å². The quantitative estimate of drug-likeness (QED) is 0.533. The van der Waals surface area contributed by atoms with Crippen molar-refractivity contribution in [3.8, 4) is 6.07 Å². The molecule has 0 unspecified atom stereocenters. The normalized spacial score (nSPS) is 34.7. The summed E-state index contributed by atoms with van der Waals surface area (Å²) >= 11 is 0. The molecule has 1 aliphatic carbocycles. The minimum absolute atomic E-state index is 0.00246. The average Bonchev–Trinajstić information content (AvgIpc) is 3.42. The number of rotatable bonds is 6. The Balaban J connectivity index is 1.30. The van der Waals surface area contributed by atoms with Crippen molar-refractivity contribution in [2.75, 3.05) is 46.8 Å². The third-order valence-corrected chi connectivity index (χ3v) is 7.88. The molecule has 11 heteroatoms. The Bertz CT molecular complexity index is 854. The summed E-state index contributed by atoms with van der Waals surface area (Å²) in [4.78, 5) is 30.0. The van der Waals surface area contributed by atoms with Gasteiger partial charge in [0.25, 0.3) is 0 Å². The highest BCUT2D eigenvalue weighted by atomic mass is 16.8. The van der Waals surface area contributed by atoms with E-state index in [1.54, 1.807) is 19.0 Å². The number of aliphatic hydroxyl groups is 1. The number of nitriles is 1. The van der Waals surface area contributed by atoms with Crippen molar-refractivity contribution in [2.45, 2.75) is 94.2 Å². The average molecular weight is 508 g/mol. The first kappa shape index (κ1) is 27.1. The molecular formula is C25H41N5O6. The van der Waals surface area contributed by atoms with Gasteiger partial charge in [-0.25, -0.2) is 4.79 Å². The molecule has 0 spiro atoms. The number of fused-ring (bicyclic) bond motifs is 1. The zero-order chi connectivity index (χ0) is 26.1. The van der Waals surface area contributed by atoms with E-state index in [0.29, 0.717) is 25.9 Å². The maximum Gasteiger partial charge on any atom is 0.409 e. The van der Waals surface area contributed by atoms with Crippen LogP contribution in [-0.2, 0) is 19.0 Å². The number of carbonyl (C=O) groups is 2. The van der Waals surface area contributed by atoms with E-state index >= 15 is 0 Å². The minimum atomic E-state index is -0.975. The van der Waals surface area contributed by atoms with Gasteiger partial charge in [-0.05, 0) is 65.5 Å². The summed E-state index contributed by atoms with van der Waals surface area (Å²) in [6, 6.07) is 2.18. The molecule has 3 saturated heterocycles. The topological polar surface area (TPSA) is 128 Å². The first-order chi connectivity index (χ1) is 17.0. The number of piperidine rings is 1. The first-order valence-corrected chi connectivity index (χ1v) is 13.1. The summed E-state index contributed by atoms with van der Waals surface area (Å²) < 4.78 is 18.1. The minimum Gasteiger partial charge on any atom is -0.443 e. The van der Waals surface area contributed by atoms with Crippen LogP contribution in [0.2, 0.25) is 0 Å². The Morgan fingerprint density at radius 1 is 1.19 bits per heavy atom. The Kier molecular flexibility index (Phi) is 8.12. The molecule has 4 aliphatic rings. The number of likely N-dealkylation sites (tertiary alicyclic amines) is 2. The molecule has 4 rings (SSSR count). The van der Waals surface area contributed by atoms with Gasteiger partial charge < -0.3 is 39.3 Å². The molecule has 0 radical (unpaired) electrons. The lowest BCUT2D eigenvalue weighted by Crippen LogP contribution is -2.62. The Morgan fingerprint density at radius 2 is 1.92 bits per heavy atom. The Hall–Kier alpha value is -1.97. The molecule has 0 aromatic rings. The fourth-order valence-corrected chi connectivity index (χ4v) is 6.08. The second-order valence-electron chi connectivity index (χ2n) is 11.3. The maximum absolute atomic E-state index is 12.5. The van der Waals surface area contributed by atoms with E-state index in [9.17, 15) is 20.0 Å². The van der Waals surface area contributed by atoms with E-state index in [-0.39, 0.29) is 24.5 Å². The lowest BCUT2D eigenvalue weighted by molar-refractivity contribution is -0.168. The van der Waals surface area contributed by atoms with Gasteiger partial charge in [0, 0.05) is 33.2 Å². The number of hydrogen-bond acceptors (Lipinski definition) is 9. The highest BCUT2D eigenvalue weighted by molar-refractivity contribution is 5.79. The van der Waals surface area contributed by atoms with E-state index in [4.69, 9.17) is 14.2 Å². The van der Waals surface area contributed by atoms with Crippen LogP contribution in [0.4, 0.5) is 4.79 Å². The van der Waals surface area contributed by atoms with Gasteiger partial charge in [0.2, 0.25) is 5.91 Å². The van der Waals surface area contributed by atoms with Crippen molar-refractivity contribution in [1.82, 2.24) is 20.0 Å². The molecule has 3 aliphatic heterocycles. The molecular weight excluding hydrogens is 466 g/mol. The molecule has 4 fully saturated rings. The Morgan fingerprint density at radius 3 is 2.58 bits per heavy atom. The zero-order valence-electron chi connectivity index (χ0n) is 21.9. The lowest BCUT2D eigenvalue weighted by Gasteiger charge is -2.46. The van der Waals surface area contributed by atoms with Gasteiger partial charge in [-0.15, -0.1) is 0 Å². The molecule has 11 nitrogen and oxygen atoms in total. The van der Waals surface area contributed by atoms with Gasteiger partial charge in [0.1, 0.15) is 30.0 Å². The monoisotopic (exact) mass is 507 g/mol. The van der Waals surface area contributed by atoms with Crippen molar-refractivity contribution in [2.24, 2.45) is 0 Å². The lowest BCUT2D eigenvalue weighted by atomic mass is 9.78. The van der Waals surface area contributed by atoms with E-state index in [1.165, 1.54) is 4.90 Å². The molecule has 3 heterocycles. The van der Waals surface area contributed by atoms with Crippen LogP contribution in [0.25, 0.3) is 0 Å². The molecule has 202 valence electrons. The maximum atomic E-state index is 12.5. The smallest absolute Gasteiger partial charge is 0.409 e. The molecule has 2 amide bonds. The van der Waals surface area contributed by atoms with Crippen LogP contribution in [0.3, 0.4) is 0 Å². The molecule has 2 N–H and O–H groups in total. The van der Waals surface area contributed by atoms with Crippen molar-refractivity contribution < 1.29 is 28.9 Å². The fraction of sp³-hybridized carbons (Fsp3) is 0.880. The molecule has 1 saturated carbocycles. The highest BCUT2D eigenvalue weighted by Crippen LogP contribution is 2.46. The summed E-state index contributed by atoms with van der Waals surface area (Å²) in [7, 11) is 3.23. The number of ether oxygens (including phenoxy) is 3. The SMILES string of the molecule is CN(C)C(=O)O[C@@H]1CC[C@@]2(CN3CCC(NCC(=O)N4CCC[C@H]4C#N)CC3)OC(C)(C)O[C@H]2[C@@H]1O. The summed E-state index contributed by atoms with van der Waals surface area (Å²) in [6.07, 6.45) is 1.87. The van der Waals surface area contributed by atoms with Gasteiger partial charge in [-0.1, -0.05) is 0 Å². The largest absolute Gasteiger partial charge is 0.443 e.